The normalized spacial score (nSPS) is 11.4. The lowest BCUT2D eigenvalue weighted by molar-refractivity contribution is 0.289. The largest absolute Gasteiger partial charge is 0.473 e. The third-order valence-electron chi connectivity index (χ3n) is 2.62. The summed E-state index contributed by atoms with van der Waals surface area (Å²) in [6.07, 6.45) is 0. The van der Waals surface area contributed by atoms with E-state index in [1.165, 1.54) is 0 Å². The molecule has 0 spiro atoms. The van der Waals surface area contributed by atoms with Crippen LogP contribution in [0.25, 0.3) is 0 Å². The smallest absolute Gasteiger partial charge is 0.218 e. The molecule has 0 N–H and O–H groups in total. The Morgan fingerprint density at radius 1 is 1.20 bits per heavy atom. The van der Waals surface area contributed by atoms with Gasteiger partial charge in [0.2, 0.25) is 5.88 Å². The molecule has 5 heteroatoms. The van der Waals surface area contributed by atoms with E-state index in [4.69, 9.17) is 16.3 Å². The van der Waals surface area contributed by atoms with Gasteiger partial charge in [0.15, 0.2) is 0 Å². The van der Waals surface area contributed by atoms with E-state index in [2.05, 4.69) is 46.7 Å². The summed E-state index contributed by atoms with van der Waals surface area (Å²) in [6.45, 7) is 6.62. The van der Waals surface area contributed by atoms with Crippen molar-refractivity contribution in [2.75, 3.05) is 0 Å². The molecule has 1 aromatic carbocycles. The zero-order valence-corrected chi connectivity index (χ0v) is 14.0. The fraction of sp³-hybridized carbons (Fsp3) is 0.333. The Morgan fingerprint density at radius 2 is 1.95 bits per heavy atom. The maximum Gasteiger partial charge on any atom is 0.218 e. The number of aromatic nitrogens is 2. The molecule has 0 amide bonds. The van der Waals surface area contributed by atoms with E-state index >= 15 is 0 Å². The van der Waals surface area contributed by atoms with Crippen LogP contribution in [0.5, 0.6) is 5.88 Å². The van der Waals surface area contributed by atoms with Gasteiger partial charge in [0, 0.05) is 16.5 Å². The minimum Gasteiger partial charge on any atom is -0.473 e. The lowest BCUT2D eigenvalue weighted by Gasteiger charge is -2.17. The summed E-state index contributed by atoms with van der Waals surface area (Å²) in [6, 6.07) is 9.34. The van der Waals surface area contributed by atoms with Crippen LogP contribution in [0.15, 0.2) is 34.9 Å². The van der Waals surface area contributed by atoms with E-state index in [1.54, 1.807) is 6.07 Å². The quantitative estimate of drug-likeness (QED) is 0.744. The predicted octanol–water partition coefficient (Wildman–Crippen LogP) is 4.77. The van der Waals surface area contributed by atoms with Crippen molar-refractivity contribution in [3.05, 3.63) is 51.3 Å². The van der Waals surface area contributed by atoms with Crippen molar-refractivity contribution in [1.82, 2.24) is 9.97 Å². The first-order valence-corrected chi connectivity index (χ1v) is 7.44. The highest BCUT2D eigenvalue weighted by Gasteiger charge is 2.19. The second-order valence-corrected chi connectivity index (χ2v) is 6.77. The fourth-order valence-corrected chi connectivity index (χ4v) is 2.17. The average molecular weight is 356 g/mol. The van der Waals surface area contributed by atoms with Gasteiger partial charge in [0.25, 0.3) is 0 Å². The highest BCUT2D eigenvalue weighted by atomic mass is 79.9. The van der Waals surface area contributed by atoms with Crippen molar-refractivity contribution in [3.63, 3.8) is 0 Å². The molecule has 0 atom stereocenters. The zero-order chi connectivity index (χ0) is 14.8. The minimum absolute atomic E-state index is 0.127. The lowest BCUT2D eigenvalue weighted by atomic mass is 9.96. The van der Waals surface area contributed by atoms with Crippen molar-refractivity contribution in [2.24, 2.45) is 0 Å². The van der Waals surface area contributed by atoms with Gasteiger partial charge in [-0.3, -0.25) is 0 Å². The molecule has 0 saturated carbocycles. The number of benzene rings is 1. The maximum absolute atomic E-state index is 5.95. The lowest BCUT2D eigenvalue weighted by Crippen LogP contribution is -2.16. The molecule has 106 valence electrons. The Morgan fingerprint density at radius 3 is 2.60 bits per heavy atom. The van der Waals surface area contributed by atoms with Gasteiger partial charge < -0.3 is 4.74 Å². The molecule has 3 nitrogen and oxygen atoms in total. The third-order valence-corrected chi connectivity index (χ3v) is 3.26. The number of hydrogen-bond acceptors (Lipinski definition) is 3. The van der Waals surface area contributed by atoms with Gasteiger partial charge in [-0.05, 0) is 33.6 Å². The van der Waals surface area contributed by atoms with Crippen molar-refractivity contribution < 1.29 is 4.74 Å². The van der Waals surface area contributed by atoms with Gasteiger partial charge in [-0.1, -0.05) is 44.5 Å². The van der Waals surface area contributed by atoms with Crippen LogP contribution in [0.4, 0.5) is 0 Å². The highest BCUT2D eigenvalue weighted by Crippen LogP contribution is 2.24. The van der Waals surface area contributed by atoms with E-state index in [1.807, 2.05) is 24.3 Å². The van der Waals surface area contributed by atoms with Gasteiger partial charge >= 0.3 is 0 Å². The van der Waals surface area contributed by atoms with Crippen LogP contribution in [-0.2, 0) is 12.0 Å². The first-order chi connectivity index (χ1) is 9.34. The Bertz CT molecular complexity index is 611. The third kappa shape index (κ3) is 4.18. The first kappa shape index (κ1) is 15.3. The van der Waals surface area contributed by atoms with E-state index in [0.29, 0.717) is 17.5 Å². The second-order valence-electron chi connectivity index (χ2n) is 5.52. The molecule has 0 fully saturated rings. The molecule has 1 aromatic heterocycles. The van der Waals surface area contributed by atoms with Gasteiger partial charge in [0.1, 0.15) is 17.0 Å². The Labute approximate surface area is 132 Å². The maximum atomic E-state index is 5.95. The number of ether oxygens (including phenoxy) is 1. The van der Waals surface area contributed by atoms with Crippen LogP contribution >= 0.6 is 27.5 Å². The molecule has 0 radical (unpaired) electrons. The van der Waals surface area contributed by atoms with E-state index in [9.17, 15) is 0 Å². The van der Waals surface area contributed by atoms with Crippen molar-refractivity contribution in [2.45, 2.75) is 32.8 Å². The minimum atomic E-state index is -0.127. The molecule has 20 heavy (non-hydrogen) atoms. The Hall–Kier alpha value is -1.13. The Balaban J connectivity index is 2.16. The molecule has 0 aliphatic rings. The monoisotopic (exact) mass is 354 g/mol. The Kier molecular flexibility index (Phi) is 4.66. The number of halogens is 2. The van der Waals surface area contributed by atoms with E-state index in [0.717, 1.165) is 16.0 Å². The van der Waals surface area contributed by atoms with Crippen molar-refractivity contribution in [1.29, 1.82) is 0 Å². The molecule has 0 saturated heterocycles. The predicted molar refractivity (Wildman–Crippen MR) is 84.2 cm³/mol. The molecule has 0 aliphatic carbocycles. The standard InChI is InChI=1S/C15H16BrClN2O/c1-15(2,3)14-18-12(16)8-13(19-14)20-9-10-5-4-6-11(17)7-10/h4-8H,9H2,1-3H3. The van der Waals surface area contributed by atoms with Crippen molar-refractivity contribution >= 4 is 27.5 Å². The SMILES string of the molecule is CC(C)(C)c1nc(Br)cc(OCc2cccc(Cl)c2)n1. The van der Waals surface area contributed by atoms with Gasteiger partial charge in [-0.2, -0.15) is 4.98 Å². The van der Waals surface area contributed by atoms with Crippen LogP contribution in [0.3, 0.4) is 0 Å². The first-order valence-electron chi connectivity index (χ1n) is 6.27. The number of hydrogen-bond donors (Lipinski definition) is 0. The molecular formula is C15H16BrClN2O. The zero-order valence-electron chi connectivity index (χ0n) is 11.7. The van der Waals surface area contributed by atoms with Gasteiger partial charge in [-0.25, -0.2) is 4.98 Å². The summed E-state index contributed by atoms with van der Waals surface area (Å²) in [4.78, 5) is 8.82. The van der Waals surface area contributed by atoms with E-state index < -0.39 is 0 Å². The molecular weight excluding hydrogens is 340 g/mol. The molecule has 1 heterocycles. The van der Waals surface area contributed by atoms with Gasteiger partial charge in [0.05, 0.1) is 0 Å². The van der Waals surface area contributed by atoms with Crippen LogP contribution in [0, 0.1) is 0 Å². The molecule has 2 rings (SSSR count). The van der Waals surface area contributed by atoms with Crippen molar-refractivity contribution in [3.8, 4) is 5.88 Å². The highest BCUT2D eigenvalue weighted by molar-refractivity contribution is 9.10. The molecule has 0 bridgehead atoms. The summed E-state index contributed by atoms with van der Waals surface area (Å²) in [5.74, 6) is 1.30. The van der Waals surface area contributed by atoms with Crippen LogP contribution in [-0.4, -0.2) is 9.97 Å². The number of nitrogens with zero attached hydrogens (tertiary/aromatic N) is 2. The average Bonchev–Trinajstić information content (AvgIpc) is 2.35. The fourth-order valence-electron chi connectivity index (χ4n) is 1.59. The molecule has 0 aliphatic heterocycles. The summed E-state index contributed by atoms with van der Waals surface area (Å²) in [5.41, 5.74) is 0.877. The van der Waals surface area contributed by atoms with Crippen LogP contribution in [0.1, 0.15) is 32.2 Å². The molecule has 0 unspecified atom stereocenters. The van der Waals surface area contributed by atoms with Crippen LogP contribution in [0.2, 0.25) is 5.02 Å². The number of rotatable bonds is 3. The topological polar surface area (TPSA) is 35.0 Å². The second kappa shape index (κ2) is 6.10. The van der Waals surface area contributed by atoms with Gasteiger partial charge in [-0.15, -0.1) is 0 Å². The van der Waals surface area contributed by atoms with E-state index in [-0.39, 0.29) is 5.41 Å². The summed E-state index contributed by atoms with van der Waals surface area (Å²) in [7, 11) is 0. The summed E-state index contributed by atoms with van der Waals surface area (Å²) >= 11 is 9.34. The summed E-state index contributed by atoms with van der Waals surface area (Å²) in [5, 5.41) is 0.699. The summed E-state index contributed by atoms with van der Waals surface area (Å²) < 4.78 is 6.44. The van der Waals surface area contributed by atoms with Crippen LogP contribution < -0.4 is 4.74 Å². The molecule has 2 aromatic rings.